The van der Waals surface area contributed by atoms with Gasteiger partial charge in [0.15, 0.2) is 0 Å². The maximum absolute atomic E-state index is 11.9. The fourth-order valence-electron chi connectivity index (χ4n) is 2.18. The van der Waals surface area contributed by atoms with E-state index in [1.807, 2.05) is 0 Å². The number of carbonyl (C=O) groups is 1. The third-order valence-corrected chi connectivity index (χ3v) is 3.28. The monoisotopic (exact) mass is 259 g/mol. The van der Waals surface area contributed by atoms with Gasteiger partial charge in [0, 0.05) is 33.9 Å². The molecule has 106 valence electrons. The summed E-state index contributed by atoms with van der Waals surface area (Å²) in [5.41, 5.74) is 0. The van der Waals surface area contributed by atoms with Crippen molar-refractivity contribution in [3.63, 3.8) is 0 Å². The van der Waals surface area contributed by atoms with Crippen molar-refractivity contribution in [3.8, 4) is 0 Å². The minimum absolute atomic E-state index is 0.109. The van der Waals surface area contributed by atoms with E-state index in [1.165, 1.54) is 7.11 Å². The van der Waals surface area contributed by atoms with Gasteiger partial charge in [0.05, 0.1) is 13.7 Å². The number of hydrogen-bond acceptors (Lipinski definition) is 5. The first-order chi connectivity index (χ1) is 8.74. The molecular formula is C13H25NO4. The molecule has 0 aromatic rings. The summed E-state index contributed by atoms with van der Waals surface area (Å²) in [5, 5.41) is 0. The number of ether oxygens (including phenoxy) is 3. The molecule has 0 N–H and O–H groups in total. The minimum atomic E-state index is -0.119. The second-order valence-corrected chi connectivity index (χ2v) is 4.68. The molecule has 1 fully saturated rings. The van der Waals surface area contributed by atoms with Crippen molar-refractivity contribution in [2.75, 3.05) is 47.6 Å². The molecule has 0 heterocycles. The highest BCUT2D eigenvalue weighted by molar-refractivity contribution is 5.76. The number of rotatable bonds is 10. The van der Waals surface area contributed by atoms with Crippen LogP contribution >= 0.6 is 0 Å². The van der Waals surface area contributed by atoms with Crippen molar-refractivity contribution in [1.82, 2.24) is 4.90 Å². The van der Waals surface area contributed by atoms with Crippen LogP contribution in [0.2, 0.25) is 0 Å². The van der Waals surface area contributed by atoms with Crippen LogP contribution in [-0.4, -0.2) is 64.5 Å². The van der Waals surface area contributed by atoms with Crippen LogP contribution in [0.5, 0.6) is 0 Å². The highest BCUT2D eigenvalue weighted by Gasteiger charge is 2.40. The molecule has 0 aliphatic heterocycles. The topological polar surface area (TPSA) is 48.0 Å². The lowest BCUT2D eigenvalue weighted by molar-refractivity contribution is -0.148. The molecule has 1 atom stereocenters. The van der Waals surface area contributed by atoms with Crippen LogP contribution in [-0.2, 0) is 19.0 Å². The molecule has 1 aliphatic rings. The zero-order valence-electron chi connectivity index (χ0n) is 11.7. The lowest BCUT2D eigenvalue weighted by atomic mass is 10.1. The van der Waals surface area contributed by atoms with Crippen LogP contribution in [0, 0.1) is 5.92 Å². The zero-order valence-corrected chi connectivity index (χ0v) is 11.7. The standard InChI is InChI=1S/C13H25NO4/c1-16-9-4-7-14(8-10-17-2)12(11-5-6-11)13(15)18-3/h11-12H,4-10H2,1-3H3. The molecule has 0 spiro atoms. The smallest absolute Gasteiger partial charge is 0.323 e. The summed E-state index contributed by atoms with van der Waals surface area (Å²) in [4.78, 5) is 14.1. The number of methoxy groups -OCH3 is 3. The molecule has 1 rings (SSSR count). The van der Waals surface area contributed by atoms with Crippen LogP contribution in [0.1, 0.15) is 19.3 Å². The third-order valence-electron chi connectivity index (χ3n) is 3.28. The highest BCUT2D eigenvalue weighted by Crippen LogP contribution is 2.36. The largest absolute Gasteiger partial charge is 0.468 e. The Hall–Kier alpha value is -0.650. The molecule has 0 aromatic heterocycles. The van der Waals surface area contributed by atoms with Crippen LogP contribution in [0.15, 0.2) is 0 Å². The van der Waals surface area contributed by atoms with Gasteiger partial charge in [0.25, 0.3) is 0 Å². The van der Waals surface area contributed by atoms with E-state index in [9.17, 15) is 4.79 Å². The summed E-state index contributed by atoms with van der Waals surface area (Å²) in [6, 6.07) is -0.109. The SMILES string of the molecule is COCCCN(CCOC)C(C(=O)OC)C1CC1. The van der Waals surface area contributed by atoms with Gasteiger partial charge in [-0.1, -0.05) is 0 Å². The van der Waals surface area contributed by atoms with Crippen LogP contribution < -0.4 is 0 Å². The number of esters is 1. The van der Waals surface area contributed by atoms with Crippen LogP contribution in [0.25, 0.3) is 0 Å². The Labute approximate surface area is 109 Å². The quantitative estimate of drug-likeness (QED) is 0.431. The Kier molecular flexibility index (Phi) is 7.23. The van der Waals surface area contributed by atoms with E-state index in [0.29, 0.717) is 19.1 Å². The molecule has 5 heteroatoms. The summed E-state index contributed by atoms with van der Waals surface area (Å²) in [6.45, 7) is 2.94. The molecule has 5 nitrogen and oxygen atoms in total. The molecule has 0 amide bonds. The summed E-state index contributed by atoms with van der Waals surface area (Å²) < 4.78 is 15.1. The van der Waals surface area contributed by atoms with Crippen molar-refractivity contribution in [2.45, 2.75) is 25.3 Å². The van der Waals surface area contributed by atoms with E-state index in [2.05, 4.69) is 4.90 Å². The first-order valence-electron chi connectivity index (χ1n) is 6.54. The molecule has 0 bridgehead atoms. The van der Waals surface area contributed by atoms with E-state index in [1.54, 1.807) is 14.2 Å². The van der Waals surface area contributed by atoms with Gasteiger partial charge in [-0.25, -0.2) is 0 Å². The Morgan fingerprint density at radius 3 is 2.33 bits per heavy atom. The van der Waals surface area contributed by atoms with Crippen molar-refractivity contribution >= 4 is 5.97 Å². The Morgan fingerprint density at radius 1 is 1.17 bits per heavy atom. The third kappa shape index (κ3) is 4.92. The van der Waals surface area contributed by atoms with Crippen LogP contribution in [0.4, 0.5) is 0 Å². The summed E-state index contributed by atoms with van der Waals surface area (Å²) >= 11 is 0. The van der Waals surface area contributed by atoms with Gasteiger partial charge in [-0.05, 0) is 25.2 Å². The molecule has 0 aromatic carbocycles. The van der Waals surface area contributed by atoms with Gasteiger partial charge in [-0.3, -0.25) is 9.69 Å². The molecule has 1 unspecified atom stereocenters. The summed E-state index contributed by atoms with van der Waals surface area (Å²) in [6.07, 6.45) is 3.15. The second kappa shape index (κ2) is 8.45. The first kappa shape index (κ1) is 15.4. The van der Waals surface area contributed by atoms with E-state index in [4.69, 9.17) is 14.2 Å². The van der Waals surface area contributed by atoms with Gasteiger partial charge in [-0.15, -0.1) is 0 Å². The van der Waals surface area contributed by atoms with Crippen LogP contribution in [0.3, 0.4) is 0 Å². The maximum Gasteiger partial charge on any atom is 0.323 e. The first-order valence-corrected chi connectivity index (χ1v) is 6.54. The van der Waals surface area contributed by atoms with Crippen molar-refractivity contribution in [2.24, 2.45) is 5.92 Å². The number of nitrogens with zero attached hydrogens (tertiary/aromatic N) is 1. The van der Waals surface area contributed by atoms with E-state index in [0.717, 1.165) is 32.4 Å². The normalized spacial score (nSPS) is 16.9. The van der Waals surface area contributed by atoms with Gasteiger partial charge >= 0.3 is 5.97 Å². The van der Waals surface area contributed by atoms with E-state index >= 15 is 0 Å². The maximum atomic E-state index is 11.9. The molecule has 0 radical (unpaired) electrons. The molecule has 1 saturated carbocycles. The van der Waals surface area contributed by atoms with Gasteiger partial charge in [0.2, 0.25) is 0 Å². The number of hydrogen-bond donors (Lipinski definition) is 0. The zero-order chi connectivity index (χ0) is 13.4. The summed E-state index contributed by atoms with van der Waals surface area (Å²) in [5.74, 6) is 0.336. The fraction of sp³-hybridized carbons (Fsp3) is 0.923. The lowest BCUT2D eigenvalue weighted by Gasteiger charge is -2.29. The van der Waals surface area contributed by atoms with E-state index in [-0.39, 0.29) is 12.0 Å². The Balaban J connectivity index is 2.54. The van der Waals surface area contributed by atoms with Crippen molar-refractivity contribution in [1.29, 1.82) is 0 Å². The molecular weight excluding hydrogens is 234 g/mol. The fourth-order valence-corrected chi connectivity index (χ4v) is 2.18. The van der Waals surface area contributed by atoms with Gasteiger partial charge < -0.3 is 14.2 Å². The van der Waals surface area contributed by atoms with Gasteiger partial charge in [0.1, 0.15) is 6.04 Å². The average molecular weight is 259 g/mol. The Morgan fingerprint density at radius 2 is 1.83 bits per heavy atom. The summed E-state index contributed by atoms with van der Waals surface area (Å²) in [7, 11) is 4.83. The van der Waals surface area contributed by atoms with Crippen molar-refractivity contribution < 1.29 is 19.0 Å². The highest BCUT2D eigenvalue weighted by atomic mass is 16.5. The number of carbonyl (C=O) groups excluding carboxylic acids is 1. The van der Waals surface area contributed by atoms with Gasteiger partial charge in [-0.2, -0.15) is 0 Å². The molecule has 18 heavy (non-hydrogen) atoms. The molecule has 0 saturated heterocycles. The minimum Gasteiger partial charge on any atom is -0.468 e. The molecule has 1 aliphatic carbocycles. The predicted octanol–water partition coefficient (Wildman–Crippen LogP) is 0.923. The Bertz CT molecular complexity index is 243. The van der Waals surface area contributed by atoms with E-state index < -0.39 is 0 Å². The second-order valence-electron chi connectivity index (χ2n) is 4.68. The predicted molar refractivity (Wildman–Crippen MR) is 68.5 cm³/mol. The lowest BCUT2D eigenvalue weighted by Crippen LogP contribution is -2.45. The average Bonchev–Trinajstić information content (AvgIpc) is 3.20. The van der Waals surface area contributed by atoms with Crippen molar-refractivity contribution in [3.05, 3.63) is 0 Å².